The SMILES string of the molecule is Cn1c(Cc2ccccc2)c(C(N)=O)c2c(-n3cnc4cccnc43)cccc21. The Morgan fingerprint density at radius 1 is 1.00 bits per heavy atom. The van der Waals surface area contributed by atoms with Crippen LogP contribution in [-0.4, -0.2) is 25.0 Å². The van der Waals surface area contributed by atoms with Gasteiger partial charge in [0.25, 0.3) is 5.91 Å². The maximum absolute atomic E-state index is 12.6. The van der Waals surface area contributed by atoms with Gasteiger partial charge in [-0.1, -0.05) is 36.4 Å². The molecule has 29 heavy (non-hydrogen) atoms. The highest BCUT2D eigenvalue weighted by Crippen LogP contribution is 2.33. The molecule has 0 aliphatic heterocycles. The van der Waals surface area contributed by atoms with E-state index in [0.717, 1.165) is 39.0 Å². The Hall–Kier alpha value is -3.93. The molecule has 0 saturated carbocycles. The van der Waals surface area contributed by atoms with Crippen LogP contribution in [0.25, 0.3) is 27.8 Å². The second kappa shape index (κ2) is 6.60. The standard InChI is InChI=1S/C23H19N5O/c1-27-17-10-5-11-18(28-14-26-16-9-6-12-25-23(16)28)20(17)21(22(24)29)19(27)13-15-7-3-2-4-8-15/h2-12,14H,13H2,1H3,(H2,24,29). The molecule has 0 saturated heterocycles. The number of primary amides is 1. The fourth-order valence-corrected chi connectivity index (χ4v) is 4.01. The molecule has 5 rings (SSSR count). The van der Waals surface area contributed by atoms with Gasteiger partial charge in [-0.2, -0.15) is 0 Å². The number of carbonyl (C=O) groups is 1. The summed E-state index contributed by atoms with van der Waals surface area (Å²) < 4.78 is 3.97. The molecular weight excluding hydrogens is 362 g/mol. The molecule has 6 nitrogen and oxygen atoms in total. The predicted octanol–water partition coefficient (Wildman–Crippen LogP) is 3.60. The van der Waals surface area contributed by atoms with E-state index in [4.69, 9.17) is 5.73 Å². The normalized spacial score (nSPS) is 11.3. The minimum absolute atomic E-state index is 0.439. The van der Waals surface area contributed by atoms with Crippen LogP contribution in [0.4, 0.5) is 0 Å². The maximum atomic E-state index is 12.6. The molecule has 3 heterocycles. The molecule has 0 radical (unpaired) electrons. The first-order valence-electron chi connectivity index (χ1n) is 9.37. The molecule has 1 amide bonds. The number of nitrogens with zero attached hydrogens (tertiary/aromatic N) is 4. The van der Waals surface area contributed by atoms with Gasteiger partial charge >= 0.3 is 0 Å². The van der Waals surface area contributed by atoms with Crippen molar-refractivity contribution in [3.63, 3.8) is 0 Å². The highest BCUT2D eigenvalue weighted by Gasteiger charge is 2.23. The maximum Gasteiger partial charge on any atom is 0.251 e. The number of hydrogen-bond donors (Lipinski definition) is 1. The number of aromatic nitrogens is 4. The Labute approximate surface area is 167 Å². The largest absolute Gasteiger partial charge is 0.366 e. The number of carbonyl (C=O) groups excluding carboxylic acids is 1. The fourth-order valence-electron chi connectivity index (χ4n) is 4.01. The van der Waals surface area contributed by atoms with Gasteiger partial charge in [-0.25, -0.2) is 9.97 Å². The number of fused-ring (bicyclic) bond motifs is 2. The number of pyridine rings is 1. The third kappa shape index (κ3) is 2.69. The van der Waals surface area contributed by atoms with E-state index in [-0.39, 0.29) is 0 Å². The van der Waals surface area contributed by atoms with Crippen LogP contribution in [0, 0.1) is 0 Å². The number of benzene rings is 2. The van der Waals surface area contributed by atoms with Gasteiger partial charge in [0.15, 0.2) is 5.65 Å². The highest BCUT2D eigenvalue weighted by atomic mass is 16.1. The molecule has 2 aromatic carbocycles. The van der Waals surface area contributed by atoms with E-state index in [0.29, 0.717) is 12.0 Å². The molecule has 0 atom stereocenters. The Balaban J connectivity index is 1.81. The van der Waals surface area contributed by atoms with E-state index < -0.39 is 5.91 Å². The Kier molecular flexibility index (Phi) is 3.91. The van der Waals surface area contributed by atoms with E-state index in [2.05, 4.69) is 26.7 Å². The van der Waals surface area contributed by atoms with Crippen molar-refractivity contribution in [3.05, 3.63) is 90.0 Å². The van der Waals surface area contributed by atoms with Crippen LogP contribution in [0.2, 0.25) is 0 Å². The fraction of sp³-hybridized carbons (Fsp3) is 0.0870. The average Bonchev–Trinajstić information content (AvgIpc) is 3.29. The van der Waals surface area contributed by atoms with Gasteiger partial charge in [0.2, 0.25) is 0 Å². The zero-order chi connectivity index (χ0) is 20.0. The molecule has 6 heteroatoms. The van der Waals surface area contributed by atoms with Gasteiger partial charge in [-0.3, -0.25) is 9.36 Å². The zero-order valence-electron chi connectivity index (χ0n) is 15.9. The molecule has 142 valence electrons. The summed E-state index contributed by atoms with van der Waals surface area (Å²) in [5.74, 6) is -0.439. The number of rotatable bonds is 4. The molecule has 0 unspecified atom stereocenters. The van der Waals surface area contributed by atoms with Gasteiger partial charge in [0.1, 0.15) is 11.8 Å². The first-order chi connectivity index (χ1) is 14.1. The topological polar surface area (TPSA) is 78.7 Å². The van der Waals surface area contributed by atoms with Crippen molar-refractivity contribution < 1.29 is 4.79 Å². The zero-order valence-corrected chi connectivity index (χ0v) is 15.9. The van der Waals surface area contributed by atoms with Gasteiger partial charge < -0.3 is 10.3 Å². The number of nitrogens with two attached hydrogens (primary N) is 1. The quantitative estimate of drug-likeness (QED) is 0.517. The summed E-state index contributed by atoms with van der Waals surface area (Å²) in [6, 6.07) is 19.8. The Morgan fingerprint density at radius 3 is 2.62 bits per heavy atom. The molecule has 0 aliphatic carbocycles. The van der Waals surface area contributed by atoms with Gasteiger partial charge in [-0.15, -0.1) is 0 Å². The van der Waals surface area contributed by atoms with Crippen LogP contribution in [0.5, 0.6) is 0 Å². The summed E-state index contributed by atoms with van der Waals surface area (Å²) in [5, 5.41) is 0.818. The Bertz CT molecular complexity index is 1360. The molecule has 0 bridgehead atoms. The molecule has 2 N–H and O–H groups in total. The molecule has 0 aliphatic rings. The van der Waals surface area contributed by atoms with Crippen molar-refractivity contribution >= 4 is 28.0 Å². The molecular formula is C23H19N5O. The summed E-state index contributed by atoms with van der Waals surface area (Å²) in [5.41, 5.74) is 11.8. The summed E-state index contributed by atoms with van der Waals surface area (Å²) >= 11 is 0. The monoisotopic (exact) mass is 381 g/mol. The summed E-state index contributed by atoms with van der Waals surface area (Å²) in [4.78, 5) is 21.5. The van der Waals surface area contributed by atoms with Crippen molar-refractivity contribution in [3.8, 4) is 5.69 Å². The van der Waals surface area contributed by atoms with E-state index in [1.165, 1.54) is 0 Å². The first kappa shape index (κ1) is 17.2. The lowest BCUT2D eigenvalue weighted by molar-refractivity contribution is 0.100. The minimum atomic E-state index is -0.439. The second-order valence-corrected chi connectivity index (χ2v) is 7.04. The smallest absolute Gasteiger partial charge is 0.251 e. The van der Waals surface area contributed by atoms with E-state index in [1.807, 2.05) is 60.1 Å². The Morgan fingerprint density at radius 2 is 1.83 bits per heavy atom. The van der Waals surface area contributed by atoms with Gasteiger partial charge in [0.05, 0.1) is 16.8 Å². The van der Waals surface area contributed by atoms with Crippen molar-refractivity contribution in [2.75, 3.05) is 0 Å². The third-order valence-electron chi connectivity index (χ3n) is 5.35. The summed E-state index contributed by atoms with van der Waals surface area (Å²) in [6.45, 7) is 0. The lowest BCUT2D eigenvalue weighted by atomic mass is 10.0. The van der Waals surface area contributed by atoms with E-state index in [9.17, 15) is 4.79 Å². The van der Waals surface area contributed by atoms with Crippen molar-refractivity contribution in [2.24, 2.45) is 12.8 Å². The highest BCUT2D eigenvalue weighted by molar-refractivity contribution is 6.11. The molecule has 0 spiro atoms. The minimum Gasteiger partial charge on any atom is -0.366 e. The van der Waals surface area contributed by atoms with Crippen LogP contribution in [0.1, 0.15) is 21.6 Å². The van der Waals surface area contributed by atoms with E-state index in [1.54, 1.807) is 12.5 Å². The van der Waals surface area contributed by atoms with Gasteiger partial charge in [-0.05, 0) is 29.8 Å². The summed E-state index contributed by atoms with van der Waals surface area (Å²) in [7, 11) is 1.97. The lowest BCUT2D eigenvalue weighted by Gasteiger charge is -2.07. The van der Waals surface area contributed by atoms with Crippen molar-refractivity contribution in [1.29, 1.82) is 0 Å². The van der Waals surface area contributed by atoms with Crippen molar-refractivity contribution in [2.45, 2.75) is 6.42 Å². The van der Waals surface area contributed by atoms with Gasteiger partial charge in [0, 0.05) is 30.7 Å². The van der Waals surface area contributed by atoms with Crippen molar-refractivity contribution in [1.82, 2.24) is 19.1 Å². The van der Waals surface area contributed by atoms with Crippen LogP contribution < -0.4 is 5.73 Å². The predicted molar refractivity (Wildman–Crippen MR) is 113 cm³/mol. The molecule has 0 fully saturated rings. The second-order valence-electron chi connectivity index (χ2n) is 7.04. The first-order valence-corrected chi connectivity index (χ1v) is 9.37. The number of amides is 1. The number of imidazole rings is 1. The third-order valence-corrected chi connectivity index (χ3v) is 5.35. The molecule has 5 aromatic rings. The van der Waals surface area contributed by atoms with Crippen LogP contribution >= 0.6 is 0 Å². The molecule has 3 aromatic heterocycles. The van der Waals surface area contributed by atoms with Crippen LogP contribution in [0.15, 0.2) is 73.2 Å². The number of hydrogen-bond acceptors (Lipinski definition) is 3. The van der Waals surface area contributed by atoms with Crippen LogP contribution in [0.3, 0.4) is 0 Å². The average molecular weight is 381 g/mol. The van der Waals surface area contributed by atoms with E-state index >= 15 is 0 Å². The number of aryl methyl sites for hydroxylation is 1. The van der Waals surface area contributed by atoms with Crippen LogP contribution in [-0.2, 0) is 13.5 Å². The lowest BCUT2D eigenvalue weighted by Crippen LogP contribution is -2.14. The summed E-state index contributed by atoms with van der Waals surface area (Å²) in [6.07, 6.45) is 4.09.